The minimum absolute atomic E-state index is 0.189. The minimum atomic E-state index is -0.212. The summed E-state index contributed by atoms with van der Waals surface area (Å²) >= 11 is 7.89. The summed E-state index contributed by atoms with van der Waals surface area (Å²) in [7, 11) is 0. The lowest BCUT2D eigenvalue weighted by atomic mass is 9.95. The molecule has 0 aromatic heterocycles. The Hall–Kier alpha value is 0.880. The van der Waals surface area contributed by atoms with Gasteiger partial charge in [-0.15, -0.1) is 0 Å². The Morgan fingerprint density at radius 2 is 1.81 bits per heavy atom. The van der Waals surface area contributed by atoms with Crippen molar-refractivity contribution in [2.75, 3.05) is 18.5 Å². The van der Waals surface area contributed by atoms with Gasteiger partial charge in [0.15, 0.2) is 5.79 Å². The molecule has 7 rings (SSSR count). The molecule has 0 aromatic rings. The summed E-state index contributed by atoms with van der Waals surface area (Å²) in [6.07, 6.45) is 0. The van der Waals surface area contributed by atoms with Crippen LogP contribution in [-0.2, 0) is 9.47 Å². The van der Waals surface area contributed by atoms with Gasteiger partial charge in [0.2, 0.25) is 0 Å². The van der Waals surface area contributed by atoms with Crippen LogP contribution in [0.25, 0.3) is 0 Å². The molecule has 0 radical (unpaired) electrons. The Kier molecular flexibility index (Phi) is 1.11. The number of ether oxygens (including phenoxy) is 2. The number of hydrogen-bond donors (Lipinski definition) is 0. The molecule has 2 nitrogen and oxygen atoms in total. The lowest BCUT2D eigenvalue weighted by molar-refractivity contribution is -0.192. The van der Waals surface area contributed by atoms with Gasteiger partial charge < -0.3 is 9.47 Å². The van der Waals surface area contributed by atoms with E-state index in [1.807, 2.05) is 0 Å². The van der Waals surface area contributed by atoms with Crippen molar-refractivity contribution < 1.29 is 9.47 Å². The fraction of sp³-hybridized carbons (Fsp3) is 1.00. The van der Waals surface area contributed by atoms with Crippen molar-refractivity contribution in [1.82, 2.24) is 0 Å². The summed E-state index contributed by atoms with van der Waals surface area (Å²) < 4.78 is 12.4. The number of alkyl halides is 2. The fourth-order valence-electron chi connectivity index (χ4n) is 6.87. The smallest absolute Gasteiger partial charge is 0.187 e. The second kappa shape index (κ2) is 2.00. The number of hydrogen-bond acceptors (Lipinski definition) is 2. The quantitative estimate of drug-likeness (QED) is 0.675. The lowest BCUT2D eigenvalue weighted by Gasteiger charge is -2.37. The van der Waals surface area contributed by atoms with E-state index in [1.54, 1.807) is 0 Å². The molecule has 6 saturated carbocycles. The summed E-state index contributed by atoms with van der Waals surface area (Å²) in [6.45, 7) is 1.60. The third-order valence-electron chi connectivity index (χ3n) is 6.81. The largest absolute Gasteiger partial charge is 0.346 e. The number of halogens is 2. The molecule has 0 N–H and O–H groups in total. The van der Waals surface area contributed by atoms with Crippen LogP contribution in [0.4, 0.5) is 0 Å². The molecule has 4 heteroatoms. The van der Waals surface area contributed by atoms with Crippen LogP contribution in [0.15, 0.2) is 0 Å². The van der Waals surface area contributed by atoms with E-state index in [-0.39, 0.29) is 10.1 Å². The molecule has 86 valence electrons. The molecule has 1 saturated heterocycles. The Morgan fingerprint density at radius 3 is 2.25 bits per heavy atom. The number of rotatable bonds is 1. The second-order valence-electron chi connectivity index (χ2n) is 6.54. The third-order valence-corrected chi connectivity index (χ3v) is 9.35. The van der Waals surface area contributed by atoms with Crippen molar-refractivity contribution in [3.05, 3.63) is 0 Å². The van der Waals surface area contributed by atoms with E-state index in [9.17, 15) is 0 Å². The molecule has 1 heterocycles. The molecule has 1 spiro atoms. The summed E-state index contributed by atoms with van der Waals surface area (Å²) in [5.74, 6) is 5.01. The van der Waals surface area contributed by atoms with Crippen LogP contribution >= 0.6 is 31.9 Å². The maximum absolute atomic E-state index is 6.11. The van der Waals surface area contributed by atoms with Crippen LogP contribution in [0.3, 0.4) is 0 Å². The average molecular weight is 348 g/mol. The van der Waals surface area contributed by atoms with E-state index in [2.05, 4.69) is 31.9 Å². The summed E-state index contributed by atoms with van der Waals surface area (Å²) in [5, 5.41) is 1.20. The maximum atomic E-state index is 6.11. The van der Waals surface area contributed by atoms with Gasteiger partial charge in [0, 0.05) is 11.2 Å². The molecule has 1 aliphatic heterocycles. The SMILES string of the molecule is BrC[C@]12[C@@H]3[C@H]4[C@@H]5[C@H]1[C@H]2[C@](Br)([C@@H]43)C51OCCO1. The topological polar surface area (TPSA) is 18.5 Å². The van der Waals surface area contributed by atoms with Crippen LogP contribution in [0.1, 0.15) is 0 Å². The van der Waals surface area contributed by atoms with Gasteiger partial charge in [-0.05, 0) is 35.0 Å². The first-order valence-corrected chi connectivity index (χ1v) is 8.19. The zero-order valence-corrected chi connectivity index (χ0v) is 11.8. The van der Waals surface area contributed by atoms with E-state index in [0.29, 0.717) is 11.3 Å². The van der Waals surface area contributed by atoms with Crippen molar-refractivity contribution in [2.24, 2.45) is 40.9 Å². The maximum Gasteiger partial charge on any atom is 0.187 e. The third kappa shape index (κ3) is 0.473. The van der Waals surface area contributed by atoms with Crippen LogP contribution in [0.2, 0.25) is 0 Å². The molecule has 8 atom stereocenters. The predicted octanol–water partition coefficient (Wildman–Crippen LogP) is 2.01. The molecule has 2 bridgehead atoms. The second-order valence-corrected chi connectivity index (χ2v) is 8.41. The zero-order valence-electron chi connectivity index (χ0n) is 8.66. The molecule has 16 heavy (non-hydrogen) atoms. The van der Waals surface area contributed by atoms with Gasteiger partial charge in [0.25, 0.3) is 0 Å². The van der Waals surface area contributed by atoms with Crippen molar-refractivity contribution in [3.8, 4) is 0 Å². The van der Waals surface area contributed by atoms with Crippen molar-refractivity contribution in [1.29, 1.82) is 0 Å². The van der Waals surface area contributed by atoms with Crippen molar-refractivity contribution >= 4 is 31.9 Å². The molecular formula is C12H12Br2O2. The molecule has 0 unspecified atom stereocenters. The fourth-order valence-corrected chi connectivity index (χ4v) is 9.76. The van der Waals surface area contributed by atoms with Crippen LogP contribution in [0.5, 0.6) is 0 Å². The highest BCUT2D eigenvalue weighted by Gasteiger charge is 3.08. The zero-order chi connectivity index (χ0) is 10.5. The van der Waals surface area contributed by atoms with Crippen LogP contribution in [0, 0.1) is 40.9 Å². The van der Waals surface area contributed by atoms with Gasteiger partial charge in [-0.1, -0.05) is 31.9 Å². The monoisotopic (exact) mass is 346 g/mol. The molecular weight excluding hydrogens is 336 g/mol. The average Bonchev–Trinajstić information content (AvgIpc) is 2.97. The standard InChI is InChI=1S/C12H12Br2O2/c13-3-10-5-4-6(5)11(14)9(10)8(10)7(4)12(11)15-1-2-16-12/h4-9H,1-3H2/t4-,5-,6+,7-,8+,9-,10+,11-/m1/s1. The first-order chi connectivity index (χ1) is 7.75. The molecule has 0 amide bonds. The van der Waals surface area contributed by atoms with E-state index >= 15 is 0 Å². The Bertz CT molecular complexity index is 448. The van der Waals surface area contributed by atoms with Gasteiger partial charge in [-0.3, -0.25) is 0 Å². The van der Waals surface area contributed by atoms with Gasteiger partial charge in [-0.25, -0.2) is 0 Å². The van der Waals surface area contributed by atoms with Crippen molar-refractivity contribution in [3.63, 3.8) is 0 Å². The van der Waals surface area contributed by atoms with E-state index in [1.165, 1.54) is 5.33 Å². The molecule has 7 fully saturated rings. The first kappa shape index (κ1) is 8.89. The first-order valence-electron chi connectivity index (χ1n) is 6.28. The predicted molar refractivity (Wildman–Crippen MR) is 63.5 cm³/mol. The molecule has 0 aromatic carbocycles. The molecule has 6 aliphatic carbocycles. The van der Waals surface area contributed by atoms with E-state index in [4.69, 9.17) is 9.47 Å². The Morgan fingerprint density at radius 1 is 1.06 bits per heavy atom. The summed E-state index contributed by atoms with van der Waals surface area (Å²) in [4.78, 5) is 0. The van der Waals surface area contributed by atoms with Gasteiger partial charge >= 0.3 is 0 Å². The minimum Gasteiger partial charge on any atom is -0.346 e. The van der Waals surface area contributed by atoms with Crippen molar-refractivity contribution in [2.45, 2.75) is 10.1 Å². The highest BCUT2D eigenvalue weighted by molar-refractivity contribution is 9.10. The summed E-state index contributed by atoms with van der Waals surface area (Å²) in [6, 6.07) is 0. The Labute approximate surface area is 111 Å². The normalized spacial score (nSPS) is 77.6. The van der Waals surface area contributed by atoms with Crippen LogP contribution in [-0.4, -0.2) is 28.7 Å². The van der Waals surface area contributed by atoms with Gasteiger partial charge in [0.05, 0.1) is 17.5 Å². The lowest BCUT2D eigenvalue weighted by Crippen LogP contribution is -2.50. The van der Waals surface area contributed by atoms with Gasteiger partial charge in [0.1, 0.15) is 0 Å². The van der Waals surface area contributed by atoms with Crippen LogP contribution < -0.4 is 0 Å². The Balaban J connectivity index is 1.63. The van der Waals surface area contributed by atoms with Gasteiger partial charge in [-0.2, -0.15) is 0 Å². The van der Waals surface area contributed by atoms with E-state index < -0.39 is 0 Å². The highest BCUT2D eigenvalue weighted by atomic mass is 79.9. The summed E-state index contributed by atoms with van der Waals surface area (Å²) in [5.41, 5.74) is 0.643. The molecule has 7 aliphatic rings. The van der Waals surface area contributed by atoms with E-state index in [0.717, 1.165) is 42.8 Å². The highest BCUT2D eigenvalue weighted by Crippen LogP contribution is 3.04.